The normalized spacial score (nSPS) is 10.4. The quantitative estimate of drug-likeness (QED) is 0.831. The molecule has 19 heavy (non-hydrogen) atoms. The maximum Gasteiger partial charge on any atom is 0.193 e. The molecule has 98 valence electrons. The molecule has 2 rings (SSSR count). The summed E-state index contributed by atoms with van der Waals surface area (Å²) >= 11 is 0. The molecule has 0 aliphatic carbocycles. The van der Waals surface area contributed by atoms with Crippen LogP contribution in [0.25, 0.3) is 0 Å². The molecule has 0 saturated carbocycles. The van der Waals surface area contributed by atoms with Gasteiger partial charge < -0.3 is 5.73 Å². The van der Waals surface area contributed by atoms with Gasteiger partial charge in [-0.05, 0) is 23.6 Å². The van der Waals surface area contributed by atoms with Crippen LogP contribution in [0.3, 0.4) is 0 Å². The fourth-order valence-electron chi connectivity index (χ4n) is 2.12. The van der Waals surface area contributed by atoms with Crippen LogP contribution in [0.15, 0.2) is 48.5 Å². The van der Waals surface area contributed by atoms with Crippen LogP contribution < -0.4 is 5.73 Å². The zero-order valence-electron chi connectivity index (χ0n) is 11.2. The molecule has 0 spiro atoms. The first kappa shape index (κ1) is 13.5. The van der Waals surface area contributed by atoms with Crippen LogP contribution in [0.1, 0.15) is 40.4 Å². The Bertz CT molecular complexity index is 558. The van der Waals surface area contributed by atoms with Crippen LogP contribution in [-0.4, -0.2) is 5.78 Å². The Morgan fingerprint density at radius 1 is 1.00 bits per heavy atom. The minimum Gasteiger partial charge on any atom is -0.326 e. The van der Waals surface area contributed by atoms with E-state index < -0.39 is 0 Å². The highest BCUT2D eigenvalue weighted by Gasteiger charge is 2.09. The van der Waals surface area contributed by atoms with Crippen LogP contribution in [0.2, 0.25) is 0 Å². The van der Waals surface area contributed by atoms with E-state index in [1.165, 1.54) is 5.56 Å². The average Bonchev–Trinajstić information content (AvgIpc) is 2.48. The van der Waals surface area contributed by atoms with Gasteiger partial charge in [0.05, 0.1) is 0 Å². The van der Waals surface area contributed by atoms with Crippen molar-refractivity contribution in [3.8, 4) is 0 Å². The van der Waals surface area contributed by atoms with Gasteiger partial charge in [0.15, 0.2) is 5.78 Å². The summed E-state index contributed by atoms with van der Waals surface area (Å²) in [4.78, 5) is 12.3. The number of ketones is 1. The molecule has 0 saturated heterocycles. The lowest BCUT2D eigenvalue weighted by Crippen LogP contribution is -2.04. The fourth-order valence-corrected chi connectivity index (χ4v) is 2.12. The Kier molecular flexibility index (Phi) is 4.48. The molecule has 0 aliphatic heterocycles. The Balaban J connectivity index is 2.22. The lowest BCUT2D eigenvalue weighted by molar-refractivity contribution is 0.103. The summed E-state index contributed by atoms with van der Waals surface area (Å²) in [7, 11) is 0. The molecule has 0 bridgehead atoms. The van der Waals surface area contributed by atoms with Crippen molar-refractivity contribution in [1.82, 2.24) is 0 Å². The van der Waals surface area contributed by atoms with E-state index in [0.29, 0.717) is 12.1 Å². The number of aryl methyl sites for hydroxylation is 1. The Hall–Kier alpha value is -1.93. The van der Waals surface area contributed by atoms with Crippen molar-refractivity contribution in [3.63, 3.8) is 0 Å². The van der Waals surface area contributed by atoms with E-state index in [0.717, 1.165) is 24.0 Å². The predicted molar refractivity (Wildman–Crippen MR) is 78.2 cm³/mol. The smallest absolute Gasteiger partial charge is 0.193 e. The van der Waals surface area contributed by atoms with Crippen LogP contribution in [0.5, 0.6) is 0 Å². The summed E-state index contributed by atoms with van der Waals surface area (Å²) < 4.78 is 0. The van der Waals surface area contributed by atoms with Crippen molar-refractivity contribution >= 4 is 5.78 Å². The molecular weight excluding hydrogens is 234 g/mol. The summed E-state index contributed by atoms with van der Waals surface area (Å²) in [5.41, 5.74) is 9.28. The third-order valence-corrected chi connectivity index (χ3v) is 3.18. The molecule has 0 aliphatic rings. The SMILES string of the molecule is CCCc1ccc(C(=O)c2cccc(CN)c2)cc1. The number of carbonyl (C=O) groups excluding carboxylic acids is 1. The van der Waals surface area contributed by atoms with E-state index in [1.807, 2.05) is 48.5 Å². The molecule has 2 aromatic rings. The number of benzene rings is 2. The zero-order valence-corrected chi connectivity index (χ0v) is 11.2. The molecule has 0 heterocycles. The standard InChI is InChI=1S/C17H19NO/c1-2-4-13-7-9-15(10-8-13)17(19)16-6-3-5-14(11-16)12-18/h3,5-11H,2,4,12,18H2,1H3. The van der Waals surface area contributed by atoms with Gasteiger partial charge in [0.25, 0.3) is 0 Å². The topological polar surface area (TPSA) is 43.1 Å². The number of hydrogen-bond donors (Lipinski definition) is 1. The van der Waals surface area contributed by atoms with E-state index in [-0.39, 0.29) is 5.78 Å². The molecule has 2 aromatic carbocycles. The highest BCUT2D eigenvalue weighted by Crippen LogP contribution is 2.13. The van der Waals surface area contributed by atoms with Gasteiger partial charge in [-0.25, -0.2) is 0 Å². The van der Waals surface area contributed by atoms with Gasteiger partial charge in [0.1, 0.15) is 0 Å². The molecule has 2 N–H and O–H groups in total. The van der Waals surface area contributed by atoms with Gasteiger partial charge >= 0.3 is 0 Å². The van der Waals surface area contributed by atoms with Crippen molar-refractivity contribution < 1.29 is 4.79 Å². The van der Waals surface area contributed by atoms with Crippen molar-refractivity contribution in [3.05, 3.63) is 70.8 Å². The summed E-state index contributed by atoms with van der Waals surface area (Å²) in [6.07, 6.45) is 2.17. The van der Waals surface area contributed by atoms with Gasteiger partial charge in [-0.15, -0.1) is 0 Å². The van der Waals surface area contributed by atoms with E-state index in [2.05, 4.69) is 6.92 Å². The molecule has 0 fully saturated rings. The monoisotopic (exact) mass is 253 g/mol. The molecule has 2 nitrogen and oxygen atoms in total. The first-order chi connectivity index (χ1) is 9.24. The average molecular weight is 253 g/mol. The van der Waals surface area contributed by atoms with Crippen LogP contribution in [0.4, 0.5) is 0 Å². The minimum atomic E-state index is 0.0540. The first-order valence-electron chi connectivity index (χ1n) is 6.67. The summed E-state index contributed by atoms with van der Waals surface area (Å²) in [6.45, 7) is 2.61. The Morgan fingerprint density at radius 2 is 1.74 bits per heavy atom. The van der Waals surface area contributed by atoms with Crippen LogP contribution in [-0.2, 0) is 13.0 Å². The molecule has 0 atom stereocenters. The third kappa shape index (κ3) is 3.30. The number of carbonyl (C=O) groups is 1. The Labute approximate surface area is 114 Å². The highest BCUT2D eigenvalue weighted by atomic mass is 16.1. The second kappa shape index (κ2) is 6.30. The fraction of sp³-hybridized carbons (Fsp3) is 0.235. The second-order valence-corrected chi connectivity index (χ2v) is 4.68. The largest absolute Gasteiger partial charge is 0.326 e. The summed E-state index contributed by atoms with van der Waals surface area (Å²) in [6, 6.07) is 15.4. The summed E-state index contributed by atoms with van der Waals surface area (Å²) in [5, 5.41) is 0. The van der Waals surface area contributed by atoms with Gasteiger partial charge in [0.2, 0.25) is 0 Å². The van der Waals surface area contributed by atoms with E-state index in [9.17, 15) is 4.79 Å². The lowest BCUT2D eigenvalue weighted by Gasteiger charge is -2.05. The maximum atomic E-state index is 12.3. The van der Waals surface area contributed by atoms with Gasteiger partial charge in [0, 0.05) is 17.7 Å². The van der Waals surface area contributed by atoms with Crippen molar-refractivity contribution in [2.24, 2.45) is 5.73 Å². The van der Waals surface area contributed by atoms with Gasteiger partial charge in [-0.1, -0.05) is 55.8 Å². The lowest BCUT2D eigenvalue weighted by atomic mass is 9.99. The number of hydrogen-bond acceptors (Lipinski definition) is 2. The molecule has 2 heteroatoms. The molecule has 0 aromatic heterocycles. The summed E-state index contributed by atoms with van der Waals surface area (Å²) in [5.74, 6) is 0.0540. The minimum absolute atomic E-state index is 0.0540. The Morgan fingerprint density at radius 3 is 2.37 bits per heavy atom. The van der Waals surface area contributed by atoms with E-state index in [1.54, 1.807) is 0 Å². The van der Waals surface area contributed by atoms with Crippen molar-refractivity contribution in [2.45, 2.75) is 26.3 Å². The predicted octanol–water partition coefficient (Wildman–Crippen LogP) is 3.33. The first-order valence-corrected chi connectivity index (χ1v) is 6.67. The molecule has 0 radical (unpaired) electrons. The van der Waals surface area contributed by atoms with Crippen LogP contribution in [0, 0.1) is 0 Å². The molecular formula is C17H19NO. The van der Waals surface area contributed by atoms with Gasteiger partial charge in [-0.2, -0.15) is 0 Å². The van der Waals surface area contributed by atoms with E-state index >= 15 is 0 Å². The zero-order chi connectivity index (χ0) is 13.7. The van der Waals surface area contributed by atoms with E-state index in [4.69, 9.17) is 5.73 Å². The second-order valence-electron chi connectivity index (χ2n) is 4.68. The third-order valence-electron chi connectivity index (χ3n) is 3.18. The highest BCUT2D eigenvalue weighted by molar-refractivity contribution is 6.09. The van der Waals surface area contributed by atoms with Crippen LogP contribution >= 0.6 is 0 Å². The molecule has 0 unspecified atom stereocenters. The number of rotatable bonds is 5. The maximum absolute atomic E-state index is 12.3. The number of nitrogens with two attached hydrogens (primary N) is 1. The van der Waals surface area contributed by atoms with Gasteiger partial charge in [-0.3, -0.25) is 4.79 Å². The van der Waals surface area contributed by atoms with Crippen molar-refractivity contribution in [2.75, 3.05) is 0 Å². The molecule has 0 amide bonds. The van der Waals surface area contributed by atoms with Crippen molar-refractivity contribution in [1.29, 1.82) is 0 Å².